The molecule has 0 radical (unpaired) electrons. The van der Waals surface area contributed by atoms with Crippen LogP contribution in [0.5, 0.6) is 0 Å². The van der Waals surface area contributed by atoms with Crippen molar-refractivity contribution in [1.82, 2.24) is 19.7 Å². The summed E-state index contributed by atoms with van der Waals surface area (Å²) >= 11 is 13.2. The molecule has 0 aliphatic carbocycles. The highest BCUT2D eigenvalue weighted by molar-refractivity contribution is 7.99. The molecule has 0 saturated heterocycles. The monoisotopic (exact) mass is 459 g/mol. The molecule has 10 heteroatoms. The van der Waals surface area contributed by atoms with E-state index in [1.54, 1.807) is 30.7 Å². The van der Waals surface area contributed by atoms with Gasteiger partial charge in [-0.15, -0.1) is 10.2 Å². The average Bonchev–Trinajstić information content (AvgIpc) is 3.37. The molecule has 1 amide bonds. The van der Waals surface area contributed by atoms with E-state index in [-0.39, 0.29) is 11.7 Å². The van der Waals surface area contributed by atoms with Gasteiger partial charge in [-0.1, -0.05) is 41.0 Å². The zero-order chi connectivity index (χ0) is 20.9. The van der Waals surface area contributed by atoms with E-state index in [9.17, 15) is 4.79 Å². The van der Waals surface area contributed by atoms with Crippen LogP contribution in [0.1, 0.15) is 5.76 Å². The van der Waals surface area contributed by atoms with Crippen LogP contribution in [0.4, 0.5) is 5.69 Å². The number of hydrogen-bond donors (Lipinski definition) is 1. The van der Waals surface area contributed by atoms with Crippen molar-refractivity contribution in [2.24, 2.45) is 0 Å². The maximum Gasteiger partial charge on any atom is 0.234 e. The first-order chi connectivity index (χ1) is 14.6. The molecule has 0 spiro atoms. The molecule has 152 valence electrons. The number of rotatable bonds is 7. The first-order valence-electron chi connectivity index (χ1n) is 8.84. The minimum Gasteiger partial charge on any atom is -0.467 e. The Hall–Kier alpha value is -2.81. The molecule has 4 aromatic rings. The van der Waals surface area contributed by atoms with Crippen LogP contribution >= 0.6 is 35.0 Å². The van der Waals surface area contributed by atoms with E-state index >= 15 is 0 Å². The number of furan rings is 1. The molecular weight excluding hydrogens is 445 g/mol. The number of halogens is 2. The summed E-state index contributed by atoms with van der Waals surface area (Å²) in [6.07, 6.45) is 3.30. The number of carbonyl (C=O) groups excluding carboxylic acids is 1. The van der Waals surface area contributed by atoms with Gasteiger partial charge in [-0.05, 0) is 42.5 Å². The molecule has 3 aromatic heterocycles. The van der Waals surface area contributed by atoms with Gasteiger partial charge in [-0.3, -0.25) is 14.3 Å². The van der Waals surface area contributed by atoms with Gasteiger partial charge < -0.3 is 9.73 Å². The van der Waals surface area contributed by atoms with E-state index < -0.39 is 0 Å². The fourth-order valence-corrected chi connectivity index (χ4v) is 4.00. The highest BCUT2D eigenvalue weighted by Gasteiger charge is 2.18. The summed E-state index contributed by atoms with van der Waals surface area (Å²) in [6.45, 7) is 0.416. The van der Waals surface area contributed by atoms with Crippen LogP contribution in [-0.2, 0) is 11.3 Å². The average molecular weight is 460 g/mol. The Kier molecular flexibility index (Phi) is 6.37. The summed E-state index contributed by atoms with van der Waals surface area (Å²) in [5.41, 5.74) is 1.21. The number of amides is 1. The summed E-state index contributed by atoms with van der Waals surface area (Å²) < 4.78 is 7.34. The lowest BCUT2D eigenvalue weighted by Crippen LogP contribution is -2.15. The molecule has 0 fully saturated rings. The van der Waals surface area contributed by atoms with E-state index in [1.165, 1.54) is 11.8 Å². The van der Waals surface area contributed by atoms with Crippen molar-refractivity contribution in [2.75, 3.05) is 11.1 Å². The summed E-state index contributed by atoms with van der Waals surface area (Å²) in [5.74, 6) is 1.25. The number of hydrogen-bond acceptors (Lipinski definition) is 6. The van der Waals surface area contributed by atoms with Crippen LogP contribution in [0.15, 0.2) is 70.6 Å². The lowest BCUT2D eigenvalue weighted by molar-refractivity contribution is -0.113. The van der Waals surface area contributed by atoms with Crippen molar-refractivity contribution < 1.29 is 9.21 Å². The normalized spacial score (nSPS) is 10.9. The lowest BCUT2D eigenvalue weighted by Gasteiger charge is -2.09. The minimum atomic E-state index is -0.217. The number of pyridine rings is 1. The number of benzene rings is 1. The fraction of sp³-hybridized carbons (Fsp3) is 0.100. The van der Waals surface area contributed by atoms with Crippen molar-refractivity contribution in [2.45, 2.75) is 11.7 Å². The van der Waals surface area contributed by atoms with Crippen molar-refractivity contribution in [3.8, 4) is 11.5 Å². The number of carbonyl (C=O) groups is 1. The third-order valence-corrected chi connectivity index (χ3v) is 5.39. The van der Waals surface area contributed by atoms with Crippen LogP contribution in [0.3, 0.4) is 0 Å². The molecular formula is C20H15Cl2N5O2S. The van der Waals surface area contributed by atoms with Gasteiger partial charge in [-0.2, -0.15) is 0 Å². The number of aromatic nitrogens is 4. The Morgan fingerprint density at radius 1 is 1.10 bits per heavy atom. The zero-order valence-corrected chi connectivity index (χ0v) is 17.8. The topological polar surface area (TPSA) is 85.8 Å². The van der Waals surface area contributed by atoms with Crippen LogP contribution in [0.25, 0.3) is 11.5 Å². The molecule has 1 N–H and O–H groups in total. The number of nitrogens with one attached hydrogen (secondary N) is 1. The molecule has 3 heterocycles. The molecule has 0 bridgehead atoms. The Morgan fingerprint density at radius 3 is 2.63 bits per heavy atom. The van der Waals surface area contributed by atoms with Crippen molar-refractivity contribution in [3.63, 3.8) is 0 Å². The maximum absolute atomic E-state index is 12.4. The predicted octanol–water partition coefficient (Wildman–Crippen LogP) is 5.02. The SMILES string of the molecule is O=C(CSc1nnc(-c2ccccn2)n1Cc1ccco1)Nc1cc(Cl)cc(Cl)c1. The van der Waals surface area contributed by atoms with E-state index in [4.69, 9.17) is 27.6 Å². The van der Waals surface area contributed by atoms with Crippen LogP contribution in [0.2, 0.25) is 10.0 Å². The van der Waals surface area contributed by atoms with Gasteiger partial charge in [0.1, 0.15) is 11.5 Å². The quantitative estimate of drug-likeness (QED) is 0.390. The van der Waals surface area contributed by atoms with Crippen LogP contribution in [0, 0.1) is 0 Å². The van der Waals surface area contributed by atoms with E-state index in [2.05, 4.69) is 20.5 Å². The molecule has 7 nitrogen and oxygen atoms in total. The van der Waals surface area contributed by atoms with Crippen molar-refractivity contribution >= 4 is 46.6 Å². The largest absolute Gasteiger partial charge is 0.467 e. The summed E-state index contributed by atoms with van der Waals surface area (Å²) in [4.78, 5) is 16.8. The second-order valence-electron chi connectivity index (χ2n) is 6.18. The zero-order valence-electron chi connectivity index (χ0n) is 15.5. The smallest absolute Gasteiger partial charge is 0.234 e. The minimum absolute atomic E-state index is 0.128. The van der Waals surface area contributed by atoms with Gasteiger partial charge in [0, 0.05) is 21.9 Å². The van der Waals surface area contributed by atoms with Gasteiger partial charge in [0.2, 0.25) is 5.91 Å². The molecule has 1 aromatic carbocycles. The van der Waals surface area contributed by atoms with Crippen molar-refractivity contribution in [1.29, 1.82) is 0 Å². The van der Waals surface area contributed by atoms with Crippen molar-refractivity contribution in [3.05, 3.63) is 76.8 Å². The lowest BCUT2D eigenvalue weighted by atomic mass is 10.3. The van der Waals surface area contributed by atoms with Gasteiger partial charge in [-0.25, -0.2) is 0 Å². The number of thioether (sulfide) groups is 1. The molecule has 4 rings (SSSR count). The Labute approximate surface area is 186 Å². The molecule has 0 unspecified atom stereocenters. The van der Waals surface area contributed by atoms with Gasteiger partial charge in [0.25, 0.3) is 0 Å². The molecule has 0 aliphatic rings. The number of nitrogens with zero attached hydrogens (tertiary/aromatic N) is 4. The van der Waals surface area contributed by atoms with Crippen LogP contribution in [-0.4, -0.2) is 31.4 Å². The van der Waals surface area contributed by atoms with E-state index in [0.29, 0.717) is 39.0 Å². The summed E-state index contributed by atoms with van der Waals surface area (Å²) in [6, 6.07) is 14.1. The molecule has 0 aliphatic heterocycles. The third-order valence-electron chi connectivity index (χ3n) is 3.98. The van der Waals surface area contributed by atoms with Crippen LogP contribution < -0.4 is 5.32 Å². The van der Waals surface area contributed by atoms with Gasteiger partial charge >= 0.3 is 0 Å². The molecule has 30 heavy (non-hydrogen) atoms. The summed E-state index contributed by atoms with van der Waals surface area (Å²) in [5, 5.41) is 12.8. The molecule has 0 saturated carbocycles. The van der Waals surface area contributed by atoms with E-state index in [0.717, 1.165) is 5.76 Å². The molecule has 0 atom stereocenters. The first-order valence-corrected chi connectivity index (χ1v) is 10.6. The van der Waals surface area contributed by atoms with Gasteiger partial charge in [0.15, 0.2) is 11.0 Å². The summed E-state index contributed by atoms with van der Waals surface area (Å²) in [7, 11) is 0. The Balaban J connectivity index is 1.52. The first kappa shape index (κ1) is 20.5. The second kappa shape index (κ2) is 9.34. The fourth-order valence-electron chi connectivity index (χ4n) is 2.73. The Morgan fingerprint density at radius 2 is 1.93 bits per heavy atom. The maximum atomic E-state index is 12.4. The van der Waals surface area contributed by atoms with E-state index in [1.807, 2.05) is 34.9 Å². The standard InChI is InChI=1S/C20H15Cl2N5O2S/c21-13-8-14(22)10-15(9-13)24-18(28)12-30-20-26-25-19(17-5-1-2-6-23-17)27(20)11-16-4-3-7-29-16/h1-10H,11-12H2,(H,24,28). The number of anilines is 1. The highest BCUT2D eigenvalue weighted by atomic mass is 35.5. The second-order valence-corrected chi connectivity index (χ2v) is 8.00. The predicted molar refractivity (Wildman–Crippen MR) is 117 cm³/mol. The highest BCUT2D eigenvalue weighted by Crippen LogP contribution is 2.25. The Bertz CT molecular complexity index is 1130. The van der Waals surface area contributed by atoms with Gasteiger partial charge in [0.05, 0.1) is 18.6 Å². The third kappa shape index (κ3) is 5.02.